The van der Waals surface area contributed by atoms with Crippen molar-refractivity contribution in [2.45, 2.75) is 77.2 Å². The van der Waals surface area contributed by atoms with Crippen molar-refractivity contribution in [3.63, 3.8) is 0 Å². The third-order valence-corrected chi connectivity index (χ3v) is 11.4. The Hall–Kier alpha value is -4.57. The van der Waals surface area contributed by atoms with Crippen LogP contribution in [0.4, 0.5) is 5.69 Å². The molecule has 1 atom stereocenters. The standard InChI is InChI=1S/C40H47N5O4S/c1-5-6-26-7-11-28(12-8-26)29-17-19-44(20-18-29)32-22-41-36(42-23-32)30-13-9-27(10-14-30)21-33(38(47)45-24-31(25-45)39(48)49)43-37(46)34-15-16-35(50-34)40(2,3)4/h7-16,22-23,29,31,33H,5-6,17-21,24-25H2,1-4H3,(H,43,46)(H,48,49)/t33-/m0/s1. The highest BCUT2D eigenvalue weighted by Gasteiger charge is 2.39. The Morgan fingerprint density at radius 2 is 1.56 bits per heavy atom. The molecule has 0 unspecified atom stereocenters. The zero-order valence-corrected chi connectivity index (χ0v) is 30.2. The van der Waals surface area contributed by atoms with Gasteiger partial charge in [0.1, 0.15) is 6.04 Å². The van der Waals surface area contributed by atoms with Crippen molar-refractivity contribution >= 4 is 34.8 Å². The van der Waals surface area contributed by atoms with E-state index in [2.05, 4.69) is 72.1 Å². The van der Waals surface area contributed by atoms with Crippen molar-refractivity contribution in [3.05, 3.63) is 99.5 Å². The predicted octanol–water partition coefficient (Wildman–Crippen LogP) is 6.72. The summed E-state index contributed by atoms with van der Waals surface area (Å²) in [7, 11) is 0. The van der Waals surface area contributed by atoms with Crippen LogP contribution in [0.1, 0.15) is 84.1 Å². The molecular weight excluding hydrogens is 647 g/mol. The first-order chi connectivity index (χ1) is 24.0. The number of carbonyl (C=O) groups is 3. The Morgan fingerprint density at radius 3 is 2.14 bits per heavy atom. The number of aryl methyl sites for hydroxylation is 1. The van der Waals surface area contributed by atoms with Crippen molar-refractivity contribution in [2.75, 3.05) is 31.1 Å². The van der Waals surface area contributed by atoms with Gasteiger partial charge in [-0.3, -0.25) is 14.4 Å². The van der Waals surface area contributed by atoms with Gasteiger partial charge in [-0.15, -0.1) is 11.3 Å². The summed E-state index contributed by atoms with van der Waals surface area (Å²) < 4.78 is 0. The third kappa shape index (κ3) is 8.24. The molecule has 2 amide bonds. The second-order valence-corrected chi connectivity index (χ2v) is 15.7. The molecule has 4 heterocycles. The van der Waals surface area contributed by atoms with Crippen molar-refractivity contribution < 1.29 is 19.5 Å². The third-order valence-electron chi connectivity index (χ3n) is 9.85. The minimum absolute atomic E-state index is 0.0911. The minimum atomic E-state index is -0.915. The Morgan fingerprint density at radius 1 is 0.920 bits per heavy atom. The fraction of sp³-hybridized carbons (Fsp3) is 0.425. The van der Waals surface area contributed by atoms with Gasteiger partial charge in [0, 0.05) is 43.0 Å². The number of thiophene rings is 1. The molecule has 262 valence electrons. The molecule has 0 bridgehead atoms. The van der Waals surface area contributed by atoms with Crippen LogP contribution >= 0.6 is 11.3 Å². The largest absolute Gasteiger partial charge is 0.481 e. The molecule has 9 nitrogen and oxygen atoms in total. The summed E-state index contributed by atoms with van der Waals surface area (Å²) in [5.74, 6) is -0.880. The Balaban J connectivity index is 1.08. The molecule has 6 rings (SSSR count). The van der Waals surface area contributed by atoms with E-state index >= 15 is 0 Å². The van der Waals surface area contributed by atoms with Gasteiger partial charge in [0.15, 0.2) is 5.82 Å². The predicted molar refractivity (Wildman–Crippen MR) is 198 cm³/mol. The molecule has 2 aliphatic heterocycles. The molecule has 2 N–H and O–H groups in total. The van der Waals surface area contributed by atoms with Crippen molar-refractivity contribution in [2.24, 2.45) is 5.92 Å². The van der Waals surface area contributed by atoms with Crippen LogP contribution in [0.2, 0.25) is 0 Å². The van der Waals surface area contributed by atoms with Crippen LogP contribution in [0.3, 0.4) is 0 Å². The molecule has 10 heteroatoms. The van der Waals surface area contributed by atoms with Gasteiger partial charge in [-0.2, -0.15) is 0 Å². The highest BCUT2D eigenvalue weighted by Crippen LogP contribution is 2.32. The van der Waals surface area contributed by atoms with Gasteiger partial charge in [0.2, 0.25) is 5.91 Å². The number of nitrogens with one attached hydrogen (secondary N) is 1. The number of aliphatic carboxylic acids is 1. The Labute approximate surface area is 298 Å². The lowest BCUT2D eigenvalue weighted by atomic mass is 9.88. The number of carboxylic acids is 1. The maximum Gasteiger partial charge on any atom is 0.310 e. The number of amides is 2. The van der Waals surface area contributed by atoms with E-state index in [0.29, 0.717) is 16.6 Å². The van der Waals surface area contributed by atoms with E-state index in [1.807, 2.05) is 42.7 Å². The van der Waals surface area contributed by atoms with Gasteiger partial charge in [0.05, 0.1) is 28.9 Å². The Kier molecular flexibility index (Phi) is 10.7. The van der Waals surface area contributed by atoms with Crippen molar-refractivity contribution in [1.29, 1.82) is 0 Å². The molecule has 2 saturated heterocycles. The molecule has 0 aliphatic carbocycles. The number of benzene rings is 2. The zero-order chi connectivity index (χ0) is 35.4. The zero-order valence-electron chi connectivity index (χ0n) is 29.4. The van der Waals surface area contributed by atoms with Gasteiger partial charge in [0.25, 0.3) is 5.91 Å². The molecule has 0 radical (unpaired) electrons. The monoisotopic (exact) mass is 693 g/mol. The van der Waals surface area contributed by atoms with E-state index in [9.17, 15) is 19.5 Å². The van der Waals surface area contributed by atoms with Gasteiger partial charge < -0.3 is 20.2 Å². The molecule has 4 aromatic rings. The second-order valence-electron chi connectivity index (χ2n) is 14.6. The first-order valence-electron chi connectivity index (χ1n) is 17.7. The molecule has 50 heavy (non-hydrogen) atoms. The van der Waals surface area contributed by atoms with Crippen molar-refractivity contribution in [1.82, 2.24) is 20.2 Å². The van der Waals surface area contributed by atoms with Crippen LogP contribution in [0.5, 0.6) is 0 Å². The molecule has 2 aromatic carbocycles. The number of carbonyl (C=O) groups excluding carboxylic acids is 2. The lowest BCUT2D eigenvalue weighted by Gasteiger charge is -2.38. The van der Waals surface area contributed by atoms with Crippen LogP contribution < -0.4 is 10.2 Å². The maximum absolute atomic E-state index is 13.5. The molecule has 2 aliphatic rings. The smallest absolute Gasteiger partial charge is 0.310 e. The Bertz CT molecular complexity index is 1780. The summed E-state index contributed by atoms with van der Waals surface area (Å²) in [5.41, 5.74) is 5.50. The van der Waals surface area contributed by atoms with Gasteiger partial charge in [-0.1, -0.05) is 82.6 Å². The topological polar surface area (TPSA) is 116 Å². The number of nitrogens with zero attached hydrogens (tertiary/aromatic N) is 4. The average molecular weight is 694 g/mol. The number of anilines is 1. The van der Waals surface area contributed by atoms with E-state index in [1.54, 1.807) is 6.07 Å². The first kappa shape index (κ1) is 35.3. The van der Waals surface area contributed by atoms with Crippen LogP contribution in [-0.4, -0.2) is 70.0 Å². The quantitative estimate of drug-likeness (QED) is 0.179. The van der Waals surface area contributed by atoms with E-state index in [0.717, 1.165) is 54.0 Å². The summed E-state index contributed by atoms with van der Waals surface area (Å²) in [6, 6.07) is 19.8. The molecule has 2 fully saturated rings. The maximum atomic E-state index is 13.5. The highest BCUT2D eigenvalue weighted by molar-refractivity contribution is 7.14. The number of hydrogen-bond donors (Lipinski definition) is 2. The molecule has 0 saturated carbocycles. The molecular formula is C40H47N5O4S. The minimum Gasteiger partial charge on any atom is -0.481 e. The van der Waals surface area contributed by atoms with Gasteiger partial charge in [-0.05, 0) is 59.4 Å². The van der Waals surface area contributed by atoms with Gasteiger partial charge in [-0.25, -0.2) is 9.97 Å². The van der Waals surface area contributed by atoms with E-state index < -0.39 is 17.9 Å². The van der Waals surface area contributed by atoms with Crippen LogP contribution in [-0.2, 0) is 27.8 Å². The highest BCUT2D eigenvalue weighted by atomic mass is 32.1. The van der Waals surface area contributed by atoms with Crippen LogP contribution in [0.15, 0.2) is 73.1 Å². The number of carboxylic acid groups (broad SMARTS) is 1. The van der Waals surface area contributed by atoms with Crippen LogP contribution in [0, 0.1) is 5.92 Å². The fourth-order valence-electron chi connectivity index (χ4n) is 6.70. The fourth-order valence-corrected chi connectivity index (χ4v) is 7.67. The van der Waals surface area contributed by atoms with E-state index in [4.69, 9.17) is 0 Å². The lowest BCUT2D eigenvalue weighted by molar-refractivity contribution is -0.153. The summed E-state index contributed by atoms with van der Waals surface area (Å²) >= 11 is 1.42. The number of aromatic nitrogens is 2. The average Bonchev–Trinajstić information content (AvgIpc) is 3.60. The number of likely N-dealkylation sites (tertiary alicyclic amines) is 1. The number of rotatable bonds is 11. The summed E-state index contributed by atoms with van der Waals surface area (Å²) in [4.78, 5) is 53.0. The molecule has 0 spiro atoms. The summed E-state index contributed by atoms with van der Waals surface area (Å²) in [6.07, 6.45) is 8.57. The van der Waals surface area contributed by atoms with Crippen LogP contribution in [0.25, 0.3) is 11.4 Å². The number of piperidine rings is 1. The lowest BCUT2D eigenvalue weighted by Crippen LogP contribution is -2.59. The summed E-state index contributed by atoms with van der Waals surface area (Å²) in [5, 5.41) is 12.3. The summed E-state index contributed by atoms with van der Waals surface area (Å²) in [6.45, 7) is 10.7. The van der Waals surface area contributed by atoms with E-state index in [1.165, 1.54) is 33.8 Å². The SMILES string of the molecule is CCCc1ccc(C2CCN(c3cnc(-c4ccc(C[C@H](NC(=O)c5ccc(C(C)(C)C)s5)C(=O)N5CC(C(=O)O)C5)cc4)nc3)CC2)cc1. The van der Waals surface area contributed by atoms with E-state index in [-0.39, 0.29) is 36.7 Å². The van der Waals surface area contributed by atoms with Gasteiger partial charge >= 0.3 is 5.97 Å². The second kappa shape index (κ2) is 15.1. The van der Waals surface area contributed by atoms with Crippen molar-refractivity contribution in [3.8, 4) is 11.4 Å². The first-order valence-corrected chi connectivity index (χ1v) is 18.5. The normalized spacial score (nSPS) is 16.2. The molecule has 2 aromatic heterocycles. The number of hydrogen-bond acceptors (Lipinski definition) is 7.